The first kappa shape index (κ1) is 24.5. The lowest BCUT2D eigenvalue weighted by molar-refractivity contribution is 0.0296. The van der Waals surface area contributed by atoms with Crippen LogP contribution in [-0.2, 0) is 7.05 Å². The van der Waals surface area contributed by atoms with Crippen LogP contribution in [0.5, 0.6) is 11.5 Å². The van der Waals surface area contributed by atoms with Crippen molar-refractivity contribution >= 4 is 23.3 Å². The van der Waals surface area contributed by atoms with Gasteiger partial charge in [0, 0.05) is 54.1 Å². The van der Waals surface area contributed by atoms with Gasteiger partial charge in [-0.2, -0.15) is 5.10 Å². The molecule has 0 radical (unpaired) electrons. The first-order valence-corrected chi connectivity index (χ1v) is 12.6. The fraction of sp³-hybridized carbons (Fsp3) is 0.407. The third kappa shape index (κ3) is 5.01. The number of methoxy groups -OCH3 is 2. The standard InChI is InChI=1S/C27H32ClN5O3/c1-32-24(14-23(31-32)18-4-9-25(35-2)26(13-18)36-3)22-16-33-11-10-17(22)12-21(33)15-29-27(34)30-20-7-5-19(28)6-8-20/h4-9,13-14,17,21-22H,10-12,15-16H2,1-3H3,(H2,29,30,34)/t17-,21+,22+/m0/s1. The molecule has 4 atom stereocenters. The Bertz CT molecular complexity index is 1230. The number of rotatable bonds is 7. The van der Waals surface area contributed by atoms with Crippen LogP contribution in [0.2, 0.25) is 5.02 Å². The summed E-state index contributed by atoms with van der Waals surface area (Å²) in [5, 5.41) is 11.4. The van der Waals surface area contributed by atoms with Crippen molar-refractivity contribution in [1.29, 1.82) is 0 Å². The normalized spacial score (nSPS) is 22.8. The zero-order valence-electron chi connectivity index (χ0n) is 20.8. The van der Waals surface area contributed by atoms with E-state index in [9.17, 15) is 4.79 Å². The van der Waals surface area contributed by atoms with Gasteiger partial charge in [-0.1, -0.05) is 11.6 Å². The molecule has 2 bridgehead atoms. The minimum Gasteiger partial charge on any atom is -0.493 e. The number of hydrogen-bond acceptors (Lipinski definition) is 5. The van der Waals surface area contributed by atoms with E-state index in [1.165, 1.54) is 5.69 Å². The zero-order valence-corrected chi connectivity index (χ0v) is 21.6. The van der Waals surface area contributed by atoms with Crippen LogP contribution in [0.25, 0.3) is 11.3 Å². The third-order valence-electron chi connectivity index (χ3n) is 7.45. The molecule has 3 aliphatic heterocycles. The van der Waals surface area contributed by atoms with Gasteiger partial charge in [-0.05, 0) is 73.8 Å². The Kier molecular flexibility index (Phi) is 7.07. The van der Waals surface area contributed by atoms with Crippen LogP contribution in [0.3, 0.4) is 0 Å². The minimum absolute atomic E-state index is 0.192. The Morgan fingerprint density at radius 3 is 2.58 bits per heavy atom. The molecule has 8 nitrogen and oxygen atoms in total. The molecule has 0 aliphatic carbocycles. The fourth-order valence-corrected chi connectivity index (χ4v) is 5.70. The second kappa shape index (κ2) is 10.4. The molecule has 3 aliphatic rings. The third-order valence-corrected chi connectivity index (χ3v) is 7.71. The Morgan fingerprint density at radius 2 is 1.89 bits per heavy atom. The number of fused-ring (bicyclic) bond motifs is 3. The number of hydrogen-bond donors (Lipinski definition) is 2. The summed E-state index contributed by atoms with van der Waals surface area (Å²) in [6.07, 6.45) is 2.22. The summed E-state index contributed by atoms with van der Waals surface area (Å²) < 4.78 is 12.9. The van der Waals surface area contributed by atoms with E-state index in [4.69, 9.17) is 26.2 Å². The Morgan fingerprint density at radius 1 is 1.11 bits per heavy atom. The fourth-order valence-electron chi connectivity index (χ4n) is 5.57. The van der Waals surface area contributed by atoms with Gasteiger partial charge < -0.3 is 20.1 Å². The molecule has 1 aromatic heterocycles. The molecule has 3 aromatic rings. The van der Waals surface area contributed by atoms with E-state index in [0.29, 0.717) is 40.9 Å². The molecular formula is C27H32ClN5O3. The SMILES string of the molecule is COc1ccc(-c2cc([C@@H]3CN4CC[C@H]3C[C@@H]4CNC(=O)Nc3ccc(Cl)cc3)n(C)n2)cc1OC. The van der Waals surface area contributed by atoms with E-state index in [1.54, 1.807) is 38.5 Å². The van der Waals surface area contributed by atoms with Crippen molar-refractivity contribution in [3.05, 3.63) is 59.2 Å². The van der Waals surface area contributed by atoms with Gasteiger partial charge >= 0.3 is 6.03 Å². The highest BCUT2D eigenvalue weighted by Gasteiger charge is 2.41. The quantitative estimate of drug-likeness (QED) is 0.480. The topological polar surface area (TPSA) is 80.7 Å². The predicted molar refractivity (Wildman–Crippen MR) is 141 cm³/mol. The van der Waals surface area contributed by atoms with Gasteiger partial charge in [0.15, 0.2) is 11.5 Å². The van der Waals surface area contributed by atoms with E-state index < -0.39 is 0 Å². The van der Waals surface area contributed by atoms with E-state index in [0.717, 1.165) is 42.9 Å². The minimum atomic E-state index is -0.192. The smallest absolute Gasteiger partial charge is 0.319 e. The van der Waals surface area contributed by atoms with Crippen molar-refractivity contribution in [2.75, 3.05) is 39.2 Å². The van der Waals surface area contributed by atoms with Gasteiger partial charge in [0.2, 0.25) is 0 Å². The number of aryl methyl sites for hydroxylation is 1. The molecule has 0 saturated carbocycles. The van der Waals surface area contributed by atoms with Crippen LogP contribution in [-0.4, -0.2) is 60.6 Å². The number of aromatic nitrogens is 2. The largest absolute Gasteiger partial charge is 0.493 e. The molecule has 190 valence electrons. The number of nitrogens with zero attached hydrogens (tertiary/aromatic N) is 3. The van der Waals surface area contributed by atoms with Crippen molar-refractivity contribution in [1.82, 2.24) is 20.0 Å². The molecule has 6 rings (SSSR count). The number of carbonyl (C=O) groups excluding carboxylic acids is 1. The molecular weight excluding hydrogens is 478 g/mol. The predicted octanol–water partition coefficient (Wildman–Crippen LogP) is 4.76. The lowest BCUT2D eigenvalue weighted by Gasteiger charge is -2.49. The van der Waals surface area contributed by atoms with E-state index in [-0.39, 0.29) is 6.03 Å². The van der Waals surface area contributed by atoms with Crippen molar-refractivity contribution in [3.63, 3.8) is 0 Å². The monoisotopic (exact) mass is 509 g/mol. The number of halogens is 1. The highest BCUT2D eigenvalue weighted by molar-refractivity contribution is 6.30. The number of nitrogens with one attached hydrogen (secondary N) is 2. The number of piperidine rings is 3. The van der Waals surface area contributed by atoms with Crippen LogP contribution in [0.15, 0.2) is 48.5 Å². The van der Waals surface area contributed by atoms with Crippen LogP contribution < -0.4 is 20.1 Å². The number of anilines is 1. The number of carbonyl (C=O) groups is 1. The van der Waals surface area contributed by atoms with Gasteiger partial charge in [-0.3, -0.25) is 9.58 Å². The Labute approximate surface area is 216 Å². The maximum Gasteiger partial charge on any atom is 0.319 e. The average Bonchev–Trinajstić information content (AvgIpc) is 3.30. The van der Waals surface area contributed by atoms with Crippen molar-refractivity contribution < 1.29 is 14.3 Å². The lowest BCUT2D eigenvalue weighted by atomic mass is 9.74. The summed E-state index contributed by atoms with van der Waals surface area (Å²) in [4.78, 5) is 14.9. The molecule has 0 spiro atoms. The summed E-state index contributed by atoms with van der Waals surface area (Å²) in [5.41, 5.74) is 3.91. The number of ether oxygens (including phenoxy) is 2. The van der Waals surface area contributed by atoms with Crippen molar-refractivity contribution in [2.24, 2.45) is 13.0 Å². The van der Waals surface area contributed by atoms with Crippen LogP contribution in [0.1, 0.15) is 24.5 Å². The van der Waals surface area contributed by atoms with Gasteiger partial charge in [0.25, 0.3) is 0 Å². The highest BCUT2D eigenvalue weighted by Crippen LogP contribution is 2.42. The van der Waals surface area contributed by atoms with E-state index in [1.807, 2.05) is 29.9 Å². The Hall–Kier alpha value is -3.23. The summed E-state index contributed by atoms with van der Waals surface area (Å²) >= 11 is 5.92. The van der Waals surface area contributed by atoms with Gasteiger partial charge in [0.1, 0.15) is 0 Å². The maximum atomic E-state index is 12.4. The first-order chi connectivity index (χ1) is 17.4. The summed E-state index contributed by atoms with van der Waals surface area (Å²) in [5.74, 6) is 2.39. The molecule has 2 N–H and O–H groups in total. The summed E-state index contributed by atoms with van der Waals surface area (Å²) in [6, 6.07) is 15.4. The zero-order chi connectivity index (χ0) is 25.2. The molecule has 2 aromatic carbocycles. The maximum absolute atomic E-state index is 12.4. The van der Waals surface area contributed by atoms with Crippen LogP contribution in [0.4, 0.5) is 10.5 Å². The molecule has 2 amide bonds. The van der Waals surface area contributed by atoms with Crippen LogP contribution >= 0.6 is 11.6 Å². The Balaban J connectivity index is 1.22. The first-order valence-electron chi connectivity index (χ1n) is 12.3. The van der Waals surface area contributed by atoms with Gasteiger partial charge in [-0.25, -0.2) is 4.79 Å². The number of amides is 2. The number of benzene rings is 2. The van der Waals surface area contributed by atoms with Crippen LogP contribution in [0, 0.1) is 5.92 Å². The van der Waals surface area contributed by atoms with Gasteiger partial charge in [-0.15, -0.1) is 0 Å². The highest BCUT2D eigenvalue weighted by atomic mass is 35.5. The molecule has 36 heavy (non-hydrogen) atoms. The van der Waals surface area contributed by atoms with Crippen molar-refractivity contribution in [2.45, 2.75) is 24.8 Å². The molecule has 3 fully saturated rings. The lowest BCUT2D eigenvalue weighted by Crippen LogP contribution is -2.56. The molecule has 1 unspecified atom stereocenters. The molecule has 3 saturated heterocycles. The summed E-state index contributed by atoms with van der Waals surface area (Å²) in [6.45, 7) is 2.67. The second-order valence-corrected chi connectivity index (χ2v) is 9.97. The van der Waals surface area contributed by atoms with Crippen molar-refractivity contribution in [3.8, 4) is 22.8 Å². The van der Waals surface area contributed by atoms with Gasteiger partial charge in [0.05, 0.1) is 19.9 Å². The van der Waals surface area contributed by atoms with E-state index >= 15 is 0 Å². The molecule has 9 heteroatoms. The second-order valence-electron chi connectivity index (χ2n) is 9.53. The average molecular weight is 510 g/mol. The number of urea groups is 1. The molecule has 4 heterocycles. The summed E-state index contributed by atoms with van der Waals surface area (Å²) in [7, 11) is 5.31. The van der Waals surface area contributed by atoms with E-state index in [2.05, 4.69) is 21.6 Å².